The van der Waals surface area contributed by atoms with Gasteiger partial charge in [-0.25, -0.2) is 4.98 Å². The van der Waals surface area contributed by atoms with Gasteiger partial charge in [-0.2, -0.15) is 13.2 Å². The van der Waals surface area contributed by atoms with Crippen molar-refractivity contribution >= 4 is 28.6 Å². The zero-order valence-electron chi connectivity index (χ0n) is 10.2. The number of nitrogens with zero attached hydrogens (tertiary/aromatic N) is 2. The molecule has 0 aliphatic heterocycles. The molecule has 0 aliphatic rings. The molecule has 20 heavy (non-hydrogen) atoms. The maximum atomic E-state index is 12.7. The molecule has 0 amide bonds. The number of hydrogen-bond acceptors (Lipinski definition) is 5. The lowest BCUT2D eigenvalue weighted by Gasteiger charge is -2.02. The second kappa shape index (κ2) is 5.23. The van der Waals surface area contributed by atoms with Crippen molar-refractivity contribution in [3.05, 3.63) is 22.5 Å². The highest BCUT2D eigenvalue weighted by atomic mass is 32.1. The van der Waals surface area contributed by atoms with Crippen LogP contribution < -0.4 is 0 Å². The molecule has 0 radical (unpaired) electrons. The van der Waals surface area contributed by atoms with Crippen LogP contribution in [-0.4, -0.2) is 28.2 Å². The van der Waals surface area contributed by atoms with Crippen LogP contribution in [0.4, 0.5) is 13.2 Å². The van der Waals surface area contributed by atoms with Crippen LogP contribution in [0.3, 0.4) is 0 Å². The summed E-state index contributed by atoms with van der Waals surface area (Å²) in [5.41, 5.74) is -1.79. The summed E-state index contributed by atoms with van der Waals surface area (Å²) >= 11 is 0.910. The van der Waals surface area contributed by atoms with Crippen molar-refractivity contribution in [1.29, 1.82) is 0 Å². The fraction of sp³-hybridized carbons (Fsp3) is 0.364. The fourth-order valence-electron chi connectivity index (χ4n) is 1.67. The number of fused-ring (bicyclic) bond motifs is 1. The Hall–Kier alpha value is -1.90. The minimum atomic E-state index is -4.69. The first-order valence-corrected chi connectivity index (χ1v) is 6.37. The summed E-state index contributed by atoms with van der Waals surface area (Å²) in [4.78, 5) is 26.0. The van der Waals surface area contributed by atoms with Gasteiger partial charge >= 0.3 is 12.1 Å². The topological polar surface area (TPSA) is 60.7 Å². The number of imidazole rings is 1. The normalized spacial score (nSPS) is 11.8. The van der Waals surface area contributed by atoms with Gasteiger partial charge in [0.1, 0.15) is 5.69 Å². The van der Waals surface area contributed by atoms with E-state index in [9.17, 15) is 22.8 Å². The van der Waals surface area contributed by atoms with Crippen LogP contribution in [0, 0.1) is 0 Å². The first-order chi connectivity index (χ1) is 9.36. The van der Waals surface area contributed by atoms with Crippen LogP contribution in [0.2, 0.25) is 0 Å². The average molecular weight is 306 g/mol. The largest absolute Gasteiger partial charge is 0.466 e. The average Bonchev–Trinajstić information content (AvgIpc) is 2.84. The monoisotopic (exact) mass is 306 g/mol. The predicted octanol–water partition coefficient (Wildman–Crippen LogP) is 2.33. The van der Waals surface area contributed by atoms with E-state index in [2.05, 4.69) is 4.98 Å². The highest BCUT2D eigenvalue weighted by molar-refractivity contribution is 7.17. The third kappa shape index (κ3) is 2.67. The van der Waals surface area contributed by atoms with Gasteiger partial charge < -0.3 is 4.74 Å². The number of esters is 1. The lowest BCUT2D eigenvalue weighted by Crippen LogP contribution is -2.09. The molecule has 2 rings (SSSR count). The van der Waals surface area contributed by atoms with E-state index >= 15 is 0 Å². The van der Waals surface area contributed by atoms with Gasteiger partial charge in [0, 0.05) is 11.1 Å². The highest BCUT2D eigenvalue weighted by Crippen LogP contribution is 2.33. The Bertz CT molecular complexity index is 660. The summed E-state index contributed by atoms with van der Waals surface area (Å²) in [6.45, 7) is 1.87. The summed E-state index contributed by atoms with van der Waals surface area (Å²) in [7, 11) is 0. The molecule has 0 N–H and O–H groups in total. The smallest absolute Gasteiger partial charge is 0.435 e. The van der Waals surface area contributed by atoms with Crippen molar-refractivity contribution in [2.45, 2.75) is 19.5 Å². The number of hydrogen-bond donors (Lipinski definition) is 0. The Kier molecular flexibility index (Phi) is 3.80. The number of halogens is 3. The Morgan fingerprint density at radius 2 is 2.25 bits per heavy atom. The van der Waals surface area contributed by atoms with E-state index in [1.54, 1.807) is 6.92 Å². The van der Waals surface area contributed by atoms with Gasteiger partial charge in [0.25, 0.3) is 0 Å². The minimum absolute atomic E-state index is 0.0127. The van der Waals surface area contributed by atoms with Crippen molar-refractivity contribution in [2.24, 2.45) is 0 Å². The van der Waals surface area contributed by atoms with Crippen LogP contribution in [0.15, 0.2) is 6.20 Å². The summed E-state index contributed by atoms with van der Waals surface area (Å²) in [6.07, 6.45) is -3.36. The number of carbonyl (C=O) groups is 2. The number of aromatic nitrogens is 2. The standard InChI is InChI=1S/C11H9F3N2O3S/c1-2-19-8(18)3-6-4-16-7(5-17)9(11(12,13)14)15-10(16)20-6/h4-5H,2-3H2,1H3. The Morgan fingerprint density at radius 1 is 1.55 bits per heavy atom. The summed E-state index contributed by atoms with van der Waals surface area (Å²) in [5, 5.41) is 0. The van der Waals surface area contributed by atoms with Gasteiger partial charge in [-0.05, 0) is 6.92 Å². The third-order valence-electron chi connectivity index (χ3n) is 2.42. The van der Waals surface area contributed by atoms with E-state index < -0.39 is 23.5 Å². The lowest BCUT2D eigenvalue weighted by atomic mass is 10.3. The lowest BCUT2D eigenvalue weighted by molar-refractivity contribution is -0.142. The third-order valence-corrected chi connectivity index (χ3v) is 3.40. The SMILES string of the molecule is CCOC(=O)Cc1cn2c(C=O)c(C(F)(F)F)nc2s1. The van der Waals surface area contributed by atoms with E-state index in [4.69, 9.17) is 4.74 Å². The Labute approximate surface area is 115 Å². The second-order valence-corrected chi connectivity index (χ2v) is 4.89. The van der Waals surface area contributed by atoms with Gasteiger partial charge in [0.2, 0.25) is 0 Å². The quantitative estimate of drug-likeness (QED) is 0.642. The zero-order valence-corrected chi connectivity index (χ0v) is 11.0. The number of thiazole rings is 1. The molecule has 0 spiro atoms. The number of aldehydes is 1. The predicted molar refractivity (Wildman–Crippen MR) is 63.8 cm³/mol. The minimum Gasteiger partial charge on any atom is -0.466 e. The first kappa shape index (κ1) is 14.5. The van der Waals surface area contributed by atoms with Crippen molar-refractivity contribution < 1.29 is 27.5 Å². The molecule has 0 bridgehead atoms. The van der Waals surface area contributed by atoms with Crippen molar-refractivity contribution in [1.82, 2.24) is 9.38 Å². The maximum absolute atomic E-state index is 12.7. The van der Waals surface area contributed by atoms with E-state index in [1.165, 1.54) is 6.20 Å². The molecular formula is C11H9F3N2O3S. The summed E-state index contributed by atoms with van der Waals surface area (Å²) in [6, 6.07) is 0. The summed E-state index contributed by atoms with van der Waals surface area (Å²) in [5.74, 6) is -0.485. The van der Waals surface area contributed by atoms with Gasteiger partial charge in [-0.1, -0.05) is 0 Å². The molecule has 108 valence electrons. The van der Waals surface area contributed by atoms with Crippen LogP contribution >= 0.6 is 11.3 Å². The van der Waals surface area contributed by atoms with Gasteiger partial charge in [0.05, 0.1) is 13.0 Å². The van der Waals surface area contributed by atoms with Gasteiger partial charge in [0.15, 0.2) is 16.9 Å². The Balaban J connectivity index is 2.39. The van der Waals surface area contributed by atoms with Crippen LogP contribution in [0.1, 0.15) is 28.0 Å². The van der Waals surface area contributed by atoms with Crippen molar-refractivity contribution in [3.63, 3.8) is 0 Å². The molecule has 0 atom stereocenters. The first-order valence-electron chi connectivity index (χ1n) is 5.55. The van der Waals surface area contributed by atoms with E-state index in [0.29, 0.717) is 4.88 Å². The number of rotatable bonds is 4. The van der Waals surface area contributed by atoms with Crippen LogP contribution in [-0.2, 0) is 22.1 Å². The fourth-order valence-corrected chi connectivity index (χ4v) is 2.63. The molecule has 0 aromatic carbocycles. The molecule has 2 aromatic rings. The summed E-state index contributed by atoms with van der Waals surface area (Å²) < 4.78 is 43.8. The maximum Gasteiger partial charge on any atom is 0.435 e. The Morgan fingerprint density at radius 3 is 2.80 bits per heavy atom. The number of ether oxygens (including phenoxy) is 1. The molecule has 0 unspecified atom stereocenters. The van der Waals surface area contributed by atoms with Crippen molar-refractivity contribution in [3.8, 4) is 0 Å². The highest BCUT2D eigenvalue weighted by Gasteiger charge is 2.38. The van der Waals surface area contributed by atoms with E-state index in [1.807, 2.05) is 0 Å². The molecule has 0 saturated carbocycles. The molecule has 0 saturated heterocycles. The van der Waals surface area contributed by atoms with Crippen molar-refractivity contribution in [2.75, 3.05) is 6.61 Å². The molecular weight excluding hydrogens is 297 g/mol. The second-order valence-electron chi connectivity index (χ2n) is 3.79. The van der Waals surface area contributed by atoms with Crippen LogP contribution in [0.5, 0.6) is 0 Å². The number of carbonyl (C=O) groups excluding carboxylic acids is 2. The zero-order chi connectivity index (χ0) is 14.9. The molecule has 9 heteroatoms. The van der Waals surface area contributed by atoms with Gasteiger partial charge in [-0.3, -0.25) is 14.0 Å². The van der Waals surface area contributed by atoms with Crippen LogP contribution in [0.25, 0.3) is 4.96 Å². The van der Waals surface area contributed by atoms with E-state index in [0.717, 1.165) is 15.7 Å². The molecule has 5 nitrogen and oxygen atoms in total. The van der Waals surface area contributed by atoms with Gasteiger partial charge in [-0.15, -0.1) is 11.3 Å². The van der Waals surface area contributed by atoms with E-state index in [-0.39, 0.29) is 24.3 Å². The molecule has 0 aliphatic carbocycles. The molecule has 0 fully saturated rings. The molecule has 2 heterocycles. The number of alkyl halides is 3. The molecule has 2 aromatic heterocycles.